The number of hydrogen-bond acceptors (Lipinski definition) is 6. The Morgan fingerprint density at radius 2 is 1.96 bits per heavy atom. The monoisotopic (exact) mass is 408 g/mol. The highest BCUT2D eigenvalue weighted by atomic mass is 32.1. The van der Waals surface area contributed by atoms with E-state index in [9.17, 15) is 4.79 Å². The summed E-state index contributed by atoms with van der Waals surface area (Å²) in [6.45, 7) is 1.19. The summed E-state index contributed by atoms with van der Waals surface area (Å²) in [4.78, 5) is 20.3. The second kappa shape index (κ2) is 7.26. The van der Waals surface area contributed by atoms with Gasteiger partial charge in [0, 0.05) is 22.8 Å². The van der Waals surface area contributed by atoms with Crippen LogP contribution in [-0.2, 0) is 13.1 Å². The van der Waals surface area contributed by atoms with E-state index in [1.807, 2.05) is 58.8 Å². The number of fused-ring (bicyclic) bond motifs is 2. The summed E-state index contributed by atoms with van der Waals surface area (Å²) in [5.74, 6) is 1.47. The van der Waals surface area contributed by atoms with Crippen LogP contribution in [0.15, 0.2) is 60.1 Å². The minimum atomic E-state index is 0.00840. The van der Waals surface area contributed by atoms with E-state index in [0.717, 1.165) is 37.0 Å². The molecule has 2 aromatic heterocycles. The molecule has 4 aromatic rings. The summed E-state index contributed by atoms with van der Waals surface area (Å²) < 4.78 is 12.0. The molecule has 2 aromatic carbocycles. The molecule has 0 atom stereocenters. The van der Waals surface area contributed by atoms with Crippen molar-refractivity contribution in [1.82, 2.24) is 9.88 Å². The Balaban J connectivity index is 1.45. The van der Waals surface area contributed by atoms with Gasteiger partial charge >= 0.3 is 0 Å². The molecular formula is C21H16N2O3S2. The average molecular weight is 409 g/mol. The van der Waals surface area contributed by atoms with Gasteiger partial charge < -0.3 is 14.4 Å². The second-order valence-corrected chi connectivity index (χ2v) is 8.49. The second-order valence-electron chi connectivity index (χ2n) is 6.42. The summed E-state index contributed by atoms with van der Waals surface area (Å²) >= 11 is 3.08. The van der Waals surface area contributed by atoms with Gasteiger partial charge in [-0.1, -0.05) is 24.3 Å². The quantitative estimate of drug-likeness (QED) is 0.470. The molecule has 140 valence electrons. The molecule has 1 aliphatic heterocycles. The van der Waals surface area contributed by atoms with E-state index in [0.29, 0.717) is 13.1 Å². The fourth-order valence-electron chi connectivity index (χ4n) is 3.20. The van der Waals surface area contributed by atoms with Crippen molar-refractivity contribution in [2.24, 2.45) is 0 Å². The van der Waals surface area contributed by atoms with Crippen LogP contribution >= 0.6 is 22.7 Å². The zero-order valence-electron chi connectivity index (χ0n) is 14.8. The van der Waals surface area contributed by atoms with E-state index >= 15 is 0 Å². The van der Waals surface area contributed by atoms with Crippen LogP contribution in [0.1, 0.15) is 20.2 Å². The van der Waals surface area contributed by atoms with E-state index in [4.69, 9.17) is 9.47 Å². The van der Waals surface area contributed by atoms with Gasteiger partial charge in [0.2, 0.25) is 6.79 Å². The van der Waals surface area contributed by atoms with Crippen molar-refractivity contribution < 1.29 is 14.3 Å². The number of rotatable bonds is 5. The topological polar surface area (TPSA) is 51.7 Å². The lowest BCUT2D eigenvalue weighted by atomic mass is 10.2. The SMILES string of the molecule is O=C(c1cc2ccccc2s1)N(Cc1ccc2c(c1)OCO2)Cc1nccs1. The number of nitrogens with zero attached hydrogens (tertiary/aromatic N) is 2. The number of amides is 1. The summed E-state index contributed by atoms with van der Waals surface area (Å²) in [7, 11) is 0. The minimum Gasteiger partial charge on any atom is -0.454 e. The van der Waals surface area contributed by atoms with Gasteiger partial charge in [0.25, 0.3) is 5.91 Å². The Morgan fingerprint density at radius 1 is 1.07 bits per heavy atom. The Bertz CT molecular complexity index is 1100. The lowest BCUT2D eigenvalue weighted by Crippen LogP contribution is -2.29. The summed E-state index contributed by atoms with van der Waals surface area (Å²) in [6, 6.07) is 15.8. The Kier molecular flexibility index (Phi) is 4.46. The zero-order valence-corrected chi connectivity index (χ0v) is 16.5. The van der Waals surface area contributed by atoms with Crippen molar-refractivity contribution in [3.8, 4) is 11.5 Å². The highest BCUT2D eigenvalue weighted by molar-refractivity contribution is 7.20. The molecule has 5 nitrogen and oxygen atoms in total. The maximum absolute atomic E-state index is 13.3. The van der Waals surface area contributed by atoms with Gasteiger partial charge in [-0.05, 0) is 35.2 Å². The number of carbonyl (C=O) groups excluding carboxylic acids is 1. The van der Waals surface area contributed by atoms with Crippen LogP contribution in [0.2, 0.25) is 0 Å². The Hall–Kier alpha value is -2.90. The molecule has 0 aliphatic carbocycles. The van der Waals surface area contributed by atoms with Crippen molar-refractivity contribution in [1.29, 1.82) is 0 Å². The van der Waals surface area contributed by atoms with Gasteiger partial charge in [-0.3, -0.25) is 4.79 Å². The molecule has 3 heterocycles. The fourth-order valence-corrected chi connectivity index (χ4v) is 4.86. The summed E-state index contributed by atoms with van der Waals surface area (Å²) in [5, 5.41) is 3.93. The molecule has 7 heteroatoms. The van der Waals surface area contributed by atoms with Crippen molar-refractivity contribution in [2.45, 2.75) is 13.1 Å². The molecule has 0 bridgehead atoms. The zero-order chi connectivity index (χ0) is 18.9. The number of aromatic nitrogens is 1. The summed E-state index contributed by atoms with van der Waals surface area (Å²) in [6.07, 6.45) is 1.77. The average Bonchev–Trinajstić information content (AvgIpc) is 3.46. The van der Waals surface area contributed by atoms with Crippen LogP contribution in [0, 0.1) is 0 Å². The first-order valence-corrected chi connectivity index (χ1v) is 10.5. The molecule has 0 unspecified atom stereocenters. The molecule has 0 saturated heterocycles. The predicted molar refractivity (Wildman–Crippen MR) is 110 cm³/mol. The van der Waals surface area contributed by atoms with Crippen LogP contribution < -0.4 is 9.47 Å². The molecule has 0 N–H and O–H groups in total. The number of hydrogen-bond donors (Lipinski definition) is 0. The predicted octanol–water partition coefficient (Wildman–Crippen LogP) is 4.93. The summed E-state index contributed by atoms with van der Waals surface area (Å²) in [5.41, 5.74) is 0.996. The van der Waals surface area contributed by atoms with Gasteiger partial charge in [0.15, 0.2) is 11.5 Å². The minimum absolute atomic E-state index is 0.00840. The molecule has 0 radical (unpaired) electrons. The molecule has 1 amide bonds. The number of benzene rings is 2. The number of thiophene rings is 1. The maximum Gasteiger partial charge on any atom is 0.264 e. The molecule has 5 rings (SSSR count). The first kappa shape index (κ1) is 17.2. The third kappa shape index (κ3) is 3.34. The van der Waals surface area contributed by atoms with Crippen LogP contribution in [0.25, 0.3) is 10.1 Å². The molecule has 0 spiro atoms. The van der Waals surface area contributed by atoms with Crippen molar-refractivity contribution in [2.75, 3.05) is 6.79 Å². The van der Waals surface area contributed by atoms with E-state index < -0.39 is 0 Å². The number of ether oxygens (including phenoxy) is 2. The van der Waals surface area contributed by atoms with Crippen LogP contribution in [0.3, 0.4) is 0 Å². The normalized spacial score (nSPS) is 12.4. The number of carbonyl (C=O) groups is 1. The van der Waals surface area contributed by atoms with E-state index in [1.54, 1.807) is 17.5 Å². The van der Waals surface area contributed by atoms with Crippen LogP contribution in [0.4, 0.5) is 0 Å². The maximum atomic E-state index is 13.3. The van der Waals surface area contributed by atoms with Gasteiger partial charge in [0.1, 0.15) is 5.01 Å². The highest BCUT2D eigenvalue weighted by Crippen LogP contribution is 2.33. The Labute approximate surface area is 169 Å². The molecule has 0 saturated carbocycles. The molecule has 28 heavy (non-hydrogen) atoms. The fraction of sp³-hybridized carbons (Fsp3) is 0.143. The van der Waals surface area contributed by atoms with Crippen LogP contribution in [0.5, 0.6) is 11.5 Å². The van der Waals surface area contributed by atoms with E-state index in [1.165, 1.54) is 11.3 Å². The largest absolute Gasteiger partial charge is 0.454 e. The van der Waals surface area contributed by atoms with E-state index in [2.05, 4.69) is 4.98 Å². The van der Waals surface area contributed by atoms with Crippen LogP contribution in [-0.4, -0.2) is 22.6 Å². The first-order valence-electron chi connectivity index (χ1n) is 8.81. The Morgan fingerprint density at radius 3 is 2.82 bits per heavy atom. The van der Waals surface area contributed by atoms with Crippen molar-refractivity contribution in [3.63, 3.8) is 0 Å². The third-order valence-electron chi connectivity index (χ3n) is 4.54. The third-order valence-corrected chi connectivity index (χ3v) is 6.41. The number of thiazole rings is 1. The molecule has 0 fully saturated rings. The highest BCUT2D eigenvalue weighted by Gasteiger charge is 2.21. The standard InChI is InChI=1S/C21H16N2O3S2/c24-21(19-10-15-3-1-2-4-18(15)28-19)23(12-20-22-7-8-27-20)11-14-5-6-16-17(9-14)26-13-25-16/h1-10H,11-13H2. The lowest BCUT2D eigenvalue weighted by molar-refractivity contribution is 0.0734. The van der Waals surface area contributed by atoms with E-state index in [-0.39, 0.29) is 12.7 Å². The van der Waals surface area contributed by atoms with Gasteiger partial charge in [-0.2, -0.15) is 0 Å². The molecule has 1 aliphatic rings. The van der Waals surface area contributed by atoms with Gasteiger partial charge in [-0.15, -0.1) is 22.7 Å². The molecular weight excluding hydrogens is 392 g/mol. The lowest BCUT2D eigenvalue weighted by Gasteiger charge is -2.21. The van der Waals surface area contributed by atoms with Gasteiger partial charge in [-0.25, -0.2) is 4.98 Å². The van der Waals surface area contributed by atoms with Crippen molar-refractivity contribution >= 4 is 38.7 Å². The van der Waals surface area contributed by atoms with Gasteiger partial charge in [0.05, 0.1) is 11.4 Å². The van der Waals surface area contributed by atoms with Crippen molar-refractivity contribution in [3.05, 3.63) is 75.6 Å². The first-order chi connectivity index (χ1) is 13.8. The smallest absolute Gasteiger partial charge is 0.264 e.